The summed E-state index contributed by atoms with van der Waals surface area (Å²) >= 11 is 3.32. The van der Waals surface area contributed by atoms with Crippen molar-refractivity contribution < 1.29 is 22.7 Å². The van der Waals surface area contributed by atoms with E-state index in [0.717, 1.165) is 12.1 Å². The molecule has 0 spiro atoms. The van der Waals surface area contributed by atoms with Crippen LogP contribution in [0.15, 0.2) is 12.1 Å². The first-order valence-corrected chi connectivity index (χ1v) is 7.21. The predicted molar refractivity (Wildman–Crippen MR) is 70.4 cm³/mol. The van der Waals surface area contributed by atoms with Crippen molar-refractivity contribution in [1.29, 1.82) is 0 Å². The number of benzene rings is 1. The fourth-order valence-electron chi connectivity index (χ4n) is 2.06. The summed E-state index contributed by atoms with van der Waals surface area (Å²) < 4.78 is 44.8. The maximum Gasteiger partial charge on any atom is 0.254 e. The Hall–Kier alpha value is -1.08. The van der Waals surface area contributed by atoms with Gasteiger partial charge in [0, 0.05) is 18.5 Å². The number of hydrogen-bond acceptors (Lipinski definition) is 2. The van der Waals surface area contributed by atoms with Gasteiger partial charge in [0.2, 0.25) is 0 Å². The summed E-state index contributed by atoms with van der Waals surface area (Å²) in [6.07, 6.45) is 1.13. The van der Waals surface area contributed by atoms with Gasteiger partial charge in [-0.05, 0) is 25.0 Å². The van der Waals surface area contributed by atoms with Gasteiger partial charge in [-0.1, -0.05) is 15.9 Å². The fraction of sp³-hybridized carbons (Fsp3) is 0.462. The Kier molecular flexibility index (Phi) is 4.70. The lowest BCUT2D eigenvalue weighted by atomic mass is 9.92. The van der Waals surface area contributed by atoms with Crippen molar-refractivity contribution in [3.8, 4) is 0 Å². The second kappa shape index (κ2) is 6.13. The van der Waals surface area contributed by atoms with E-state index in [-0.39, 0.29) is 0 Å². The van der Waals surface area contributed by atoms with E-state index >= 15 is 0 Å². The lowest BCUT2D eigenvalue weighted by molar-refractivity contribution is 0.0440. The Balaban J connectivity index is 2.21. The summed E-state index contributed by atoms with van der Waals surface area (Å²) in [6, 6.07) is 1.67. The van der Waals surface area contributed by atoms with E-state index in [1.807, 2.05) is 0 Å². The lowest BCUT2D eigenvalue weighted by Crippen LogP contribution is -2.53. The predicted octanol–water partition coefficient (Wildman–Crippen LogP) is 2.78. The normalized spacial score (nSPS) is 17.8. The molecule has 1 aliphatic heterocycles. The van der Waals surface area contributed by atoms with Gasteiger partial charge >= 0.3 is 0 Å². The number of alkyl halides is 1. The highest BCUT2D eigenvalue weighted by molar-refractivity contribution is 9.09. The van der Waals surface area contributed by atoms with Crippen LogP contribution in [0.2, 0.25) is 0 Å². The average Bonchev–Trinajstić information content (AvgIpc) is 2.45. The molecule has 0 radical (unpaired) electrons. The molecule has 110 valence electrons. The third kappa shape index (κ3) is 2.98. The Morgan fingerprint density at radius 2 is 1.90 bits per heavy atom. The van der Waals surface area contributed by atoms with Crippen LogP contribution in [0.25, 0.3) is 0 Å². The first-order chi connectivity index (χ1) is 9.49. The molecule has 1 saturated heterocycles. The van der Waals surface area contributed by atoms with Gasteiger partial charge in [0.25, 0.3) is 5.91 Å². The molecule has 0 atom stereocenters. The summed E-state index contributed by atoms with van der Waals surface area (Å²) in [5.41, 5.74) is -1.07. The van der Waals surface area contributed by atoms with Crippen LogP contribution in [0.1, 0.15) is 23.2 Å². The van der Waals surface area contributed by atoms with Crippen molar-refractivity contribution in [2.24, 2.45) is 0 Å². The zero-order valence-electron chi connectivity index (χ0n) is 10.5. The molecule has 0 aliphatic carbocycles. The van der Waals surface area contributed by atoms with Gasteiger partial charge in [-0.3, -0.25) is 4.79 Å². The summed E-state index contributed by atoms with van der Waals surface area (Å²) in [7, 11) is 0. The van der Waals surface area contributed by atoms with Crippen LogP contribution in [-0.4, -0.2) is 30.0 Å². The molecule has 20 heavy (non-hydrogen) atoms. The second-order valence-corrected chi connectivity index (χ2v) is 5.26. The Morgan fingerprint density at radius 1 is 1.25 bits per heavy atom. The van der Waals surface area contributed by atoms with E-state index in [4.69, 9.17) is 4.74 Å². The van der Waals surface area contributed by atoms with Gasteiger partial charge in [-0.25, -0.2) is 13.2 Å². The quantitative estimate of drug-likeness (QED) is 0.671. The van der Waals surface area contributed by atoms with E-state index in [0.29, 0.717) is 31.4 Å². The highest BCUT2D eigenvalue weighted by Crippen LogP contribution is 2.24. The van der Waals surface area contributed by atoms with E-state index < -0.39 is 34.5 Å². The van der Waals surface area contributed by atoms with E-state index in [1.54, 1.807) is 0 Å². The highest BCUT2D eigenvalue weighted by atomic mass is 79.9. The Labute approximate surface area is 122 Å². The van der Waals surface area contributed by atoms with E-state index in [2.05, 4.69) is 21.2 Å². The van der Waals surface area contributed by atoms with E-state index in [1.165, 1.54) is 0 Å². The molecule has 1 heterocycles. The lowest BCUT2D eigenvalue weighted by Gasteiger charge is -2.36. The van der Waals surface area contributed by atoms with Crippen LogP contribution in [0.3, 0.4) is 0 Å². The monoisotopic (exact) mass is 351 g/mol. The summed E-state index contributed by atoms with van der Waals surface area (Å²) in [4.78, 5) is 12.1. The number of ether oxygens (including phenoxy) is 1. The molecule has 1 aliphatic rings. The van der Waals surface area contributed by atoms with E-state index in [9.17, 15) is 18.0 Å². The van der Waals surface area contributed by atoms with Gasteiger partial charge in [-0.15, -0.1) is 0 Å². The van der Waals surface area contributed by atoms with Crippen LogP contribution < -0.4 is 5.32 Å². The Bertz CT molecular complexity index is 519. The Morgan fingerprint density at radius 3 is 2.50 bits per heavy atom. The molecule has 2 rings (SSSR count). The zero-order chi connectivity index (χ0) is 14.8. The minimum absolute atomic E-state index is 0.473. The van der Waals surface area contributed by atoms with Crippen molar-refractivity contribution in [2.75, 3.05) is 18.5 Å². The number of hydrogen-bond donors (Lipinski definition) is 1. The second-order valence-electron chi connectivity index (χ2n) is 4.70. The molecular formula is C13H13BrF3NO2. The fourth-order valence-corrected chi connectivity index (χ4v) is 2.76. The number of amides is 1. The van der Waals surface area contributed by atoms with Gasteiger partial charge < -0.3 is 10.1 Å². The summed E-state index contributed by atoms with van der Waals surface area (Å²) in [6.45, 7) is 0.957. The van der Waals surface area contributed by atoms with Crippen LogP contribution in [0.4, 0.5) is 13.2 Å². The van der Waals surface area contributed by atoms with Crippen molar-refractivity contribution >= 4 is 21.8 Å². The first-order valence-electron chi connectivity index (χ1n) is 6.09. The highest BCUT2D eigenvalue weighted by Gasteiger charge is 2.34. The molecule has 0 unspecified atom stereocenters. The SMILES string of the molecule is O=C(NC1(CBr)CCOCC1)c1ccc(F)c(F)c1F. The molecule has 3 nitrogen and oxygen atoms in total. The molecule has 1 aromatic carbocycles. The number of carbonyl (C=O) groups is 1. The van der Waals surface area contributed by atoms with Crippen molar-refractivity contribution in [3.63, 3.8) is 0 Å². The summed E-state index contributed by atoms with van der Waals surface area (Å²) in [5.74, 6) is -5.19. The minimum atomic E-state index is -1.64. The smallest absolute Gasteiger partial charge is 0.254 e. The first kappa shape index (κ1) is 15.3. The molecule has 1 aromatic rings. The molecular weight excluding hydrogens is 339 g/mol. The van der Waals surface area contributed by atoms with Gasteiger partial charge in [0.1, 0.15) is 0 Å². The maximum absolute atomic E-state index is 13.6. The molecule has 1 N–H and O–H groups in total. The third-order valence-corrected chi connectivity index (χ3v) is 4.44. The van der Waals surface area contributed by atoms with Crippen molar-refractivity contribution in [2.45, 2.75) is 18.4 Å². The van der Waals surface area contributed by atoms with Gasteiger partial charge in [0.05, 0.1) is 11.1 Å². The van der Waals surface area contributed by atoms with Crippen molar-refractivity contribution in [1.82, 2.24) is 5.32 Å². The minimum Gasteiger partial charge on any atom is -0.381 e. The molecule has 1 fully saturated rings. The van der Waals surface area contributed by atoms with Crippen LogP contribution in [-0.2, 0) is 4.74 Å². The third-order valence-electron chi connectivity index (χ3n) is 3.36. The summed E-state index contributed by atoms with van der Waals surface area (Å²) in [5, 5.41) is 3.16. The average molecular weight is 352 g/mol. The van der Waals surface area contributed by atoms with Gasteiger partial charge in [0.15, 0.2) is 17.5 Å². The molecule has 7 heteroatoms. The maximum atomic E-state index is 13.6. The van der Waals surface area contributed by atoms with Crippen LogP contribution in [0, 0.1) is 17.5 Å². The number of rotatable bonds is 3. The van der Waals surface area contributed by atoms with Gasteiger partial charge in [-0.2, -0.15) is 0 Å². The number of carbonyl (C=O) groups excluding carboxylic acids is 1. The molecule has 0 saturated carbocycles. The number of halogens is 4. The standard InChI is InChI=1S/C13H13BrF3NO2/c14-7-13(3-5-20-6-4-13)18-12(19)8-1-2-9(15)11(17)10(8)16/h1-2H,3-7H2,(H,18,19). The van der Waals surface area contributed by atoms with Crippen LogP contribution >= 0.6 is 15.9 Å². The largest absolute Gasteiger partial charge is 0.381 e. The number of nitrogens with one attached hydrogen (secondary N) is 1. The molecule has 1 amide bonds. The van der Waals surface area contributed by atoms with Crippen molar-refractivity contribution in [3.05, 3.63) is 35.1 Å². The zero-order valence-corrected chi connectivity index (χ0v) is 12.1. The topological polar surface area (TPSA) is 38.3 Å². The van der Waals surface area contributed by atoms with Crippen LogP contribution in [0.5, 0.6) is 0 Å². The molecule has 0 aromatic heterocycles. The molecule has 0 bridgehead atoms.